The predicted molar refractivity (Wildman–Crippen MR) is 116 cm³/mol. The average Bonchev–Trinajstić information content (AvgIpc) is 2.55. The summed E-state index contributed by atoms with van der Waals surface area (Å²) in [4.78, 5) is 12.1. The van der Waals surface area contributed by atoms with Crippen molar-refractivity contribution in [1.82, 2.24) is 10.6 Å². The highest BCUT2D eigenvalue weighted by Gasteiger charge is 2.34. The van der Waals surface area contributed by atoms with E-state index in [1.165, 1.54) is 6.42 Å². The fourth-order valence-corrected chi connectivity index (χ4v) is 2.84. The molecule has 9 heteroatoms. The number of carbonyl (C=O) groups is 1. The van der Waals surface area contributed by atoms with Gasteiger partial charge in [-0.05, 0) is 42.9 Å². The molecule has 0 fully saturated rings. The Morgan fingerprint density at radius 1 is 1.08 bits per heavy atom. The summed E-state index contributed by atoms with van der Waals surface area (Å²) in [5, 5.41) is 9.27. The van der Waals surface area contributed by atoms with Gasteiger partial charge in [-0.25, -0.2) is 0 Å². The number of halogens is 4. The van der Waals surface area contributed by atoms with E-state index in [2.05, 4.69) is 22.9 Å². The number of alkyl halides is 3. The van der Waals surface area contributed by atoms with Gasteiger partial charge in [-0.3, -0.25) is 4.79 Å². The van der Waals surface area contributed by atoms with E-state index >= 15 is 0 Å². The maximum absolute atomic E-state index is 12.1. The second kappa shape index (κ2) is 12.1. The Balaban J connectivity index is 2.51. The molecular formula is C17H23Cl4N3OS. The van der Waals surface area contributed by atoms with Crippen LogP contribution in [-0.2, 0) is 4.79 Å². The lowest BCUT2D eigenvalue weighted by Gasteiger charge is -2.27. The molecule has 0 heterocycles. The summed E-state index contributed by atoms with van der Waals surface area (Å²) in [6.07, 6.45) is 4.66. The van der Waals surface area contributed by atoms with Gasteiger partial charge < -0.3 is 16.0 Å². The summed E-state index contributed by atoms with van der Waals surface area (Å²) in [6.45, 7) is 2.14. The first-order chi connectivity index (χ1) is 12.2. The SMILES string of the molecule is CCCCCCCC(=O)NC(NC(=S)Nc1ccc(Cl)cc1)C(Cl)(Cl)Cl. The molecule has 0 radical (unpaired) electrons. The van der Waals surface area contributed by atoms with Gasteiger partial charge in [-0.2, -0.15) is 0 Å². The van der Waals surface area contributed by atoms with Gasteiger partial charge in [0.2, 0.25) is 9.70 Å². The van der Waals surface area contributed by atoms with Crippen molar-refractivity contribution in [3.8, 4) is 0 Å². The van der Waals surface area contributed by atoms with Crippen LogP contribution < -0.4 is 16.0 Å². The molecule has 0 aliphatic carbocycles. The third-order valence-corrected chi connectivity index (χ3v) is 4.64. The minimum atomic E-state index is -1.76. The van der Waals surface area contributed by atoms with Crippen LogP contribution in [0.4, 0.5) is 5.69 Å². The van der Waals surface area contributed by atoms with Crippen molar-refractivity contribution in [3.05, 3.63) is 29.3 Å². The maximum atomic E-state index is 12.1. The van der Waals surface area contributed by atoms with Crippen molar-refractivity contribution in [2.45, 2.75) is 55.4 Å². The number of carbonyl (C=O) groups excluding carboxylic acids is 1. The van der Waals surface area contributed by atoms with E-state index in [9.17, 15) is 4.79 Å². The van der Waals surface area contributed by atoms with E-state index in [1.807, 2.05) is 0 Å². The largest absolute Gasteiger partial charge is 0.339 e. The van der Waals surface area contributed by atoms with Crippen molar-refractivity contribution in [2.75, 3.05) is 5.32 Å². The Labute approximate surface area is 180 Å². The number of rotatable bonds is 9. The Hall–Kier alpha value is -0.460. The predicted octanol–water partition coefficient (Wildman–Crippen LogP) is 5.80. The van der Waals surface area contributed by atoms with Crippen LogP contribution in [-0.4, -0.2) is 21.0 Å². The van der Waals surface area contributed by atoms with Gasteiger partial charge in [0.25, 0.3) is 0 Å². The molecule has 1 aromatic rings. The maximum Gasteiger partial charge on any atom is 0.228 e. The molecule has 0 aliphatic heterocycles. The number of anilines is 1. The van der Waals surface area contributed by atoms with Crippen LogP contribution >= 0.6 is 58.6 Å². The second-order valence-corrected chi connectivity index (χ2v) is 9.03. The molecule has 1 atom stereocenters. The van der Waals surface area contributed by atoms with Crippen LogP contribution in [0, 0.1) is 0 Å². The summed E-state index contributed by atoms with van der Waals surface area (Å²) >= 11 is 29.0. The molecule has 0 bridgehead atoms. The average molecular weight is 459 g/mol. The monoisotopic (exact) mass is 457 g/mol. The van der Waals surface area contributed by atoms with E-state index in [0.717, 1.165) is 31.4 Å². The lowest BCUT2D eigenvalue weighted by atomic mass is 10.1. The Bertz CT molecular complexity index is 578. The standard InChI is InChI=1S/C17H23Cl4N3OS/c1-2-3-4-5-6-7-14(25)23-15(17(19,20)21)24-16(26)22-13-10-8-12(18)9-11-13/h8-11,15H,2-7H2,1H3,(H,23,25)(H2,22,24,26). The first-order valence-corrected chi connectivity index (χ1v) is 10.3. The molecule has 146 valence electrons. The summed E-state index contributed by atoms with van der Waals surface area (Å²) in [7, 11) is 0. The molecule has 0 saturated heterocycles. The third-order valence-electron chi connectivity index (χ3n) is 3.52. The van der Waals surface area contributed by atoms with Crippen LogP contribution in [0.1, 0.15) is 45.4 Å². The molecular weight excluding hydrogens is 436 g/mol. The fraction of sp³-hybridized carbons (Fsp3) is 0.529. The molecule has 26 heavy (non-hydrogen) atoms. The normalized spacial score (nSPS) is 12.3. The lowest BCUT2D eigenvalue weighted by Crippen LogP contribution is -2.56. The number of thiocarbonyl (C=S) groups is 1. The topological polar surface area (TPSA) is 53.2 Å². The number of hydrogen-bond acceptors (Lipinski definition) is 2. The molecule has 0 saturated carbocycles. The van der Waals surface area contributed by atoms with E-state index in [1.54, 1.807) is 24.3 Å². The van der Waals surface area contributed by atoms with Crippen LogP contribution in [0.25, 0.3) is 0 Å². The summed E-state index contributed by atoms with van der Waals surface area (Å²) in [5.74, 6) is -0.195. The Morgan fingerprint density at radius 2 is 1.69 bits per heavy atom. The van der Waals surface area contributed by atoms with Gasteiger partial charge in [0.15, 0.2) is 5.11 Å². The molecule has 1 unspecified atom stereocenters. The number of nitrogens with one attached hydrogen (secondary N) is 3. The molecule has 1 amide bonds. The van der Waals surface area contributed by atoms with Crippen molar-refractivity contribution in [2.24, 2.45) is 0 Å². The number of unbranched alkanes of at least 4 members (excludes halogenated alkanes) is 4. The highest BCUT2D eigenvalue weighted by molar-refractivity contribution is 7.80. The molecule has 0 spiro atoms. The fourth-order valence-electron chi connectivity index (χ4n) is 2.15. The summed E-state index contributed by atoms with van der Waals surface area (Å²) < 4.78 is -1.76. The Morgan fingerprint density at radius 3 is 2.27 bits per heavy atom. The van der Waals surface area contributed by atoms with Crippen molar-refractivity contribution >= 4 is 75.3 Å². The molecule has 0 aliphatic rings. The first-order valence-electron chi connectivity index (χ1n) is 8.41. The zero-order valence-corrected chi connectivity index (χ0v) is 18.3. The Kier molecular flexibility index (Phi) is 11.0. The number of hydrogen-bond donors (Lipinski definition) is 3. The molecule has 1 rings (SSSR count). The smallest absolute Gasteiger partial charge is 0.228 e. The van der Waals surface area contributed by atoms with E-state index < -0.39 is 9.96 Å². The summed E-state index contributed by atoms with van der Waals surface area (Å²) in [5.41, 5.74) is 0.720. The number of amides is 1. The van der Waals surface area contributed by atoms with Gasteiger partial charge in [-0.1, -0.05) is 79.0 Å². The number of benzene rings is 1. The van der Waals surface area contributed by atoms with Gasteiger partial charge >= 0.3 is 0 Å². The van der Waals surface area contributed by atoms with Gasteiger partial charge in [0, 0.05) is 17.1 Å². The molecule has 4 nitrogen and oxygen atoms in total. The second-order valence-electron chi connectivity index (χ2n) is 5.81. The highest BCUT2D eigenvalue weighted by atomic mass is 35.6. The van der Waals surface area contributed by atoms with Gasteiger partial charge in [0.05, 0.1) is 0 Å². The van der Waals surface area contributed by atoms with Crippen molar-refractivity contribution in [1.29, 1.82) is 0 Å². The minimum absolute atomic E-state index is 0.195. The summed E-state index contributed by atoms with van der Waals surface area (Å²) in [6, 6.07) is 6.96. The first kappa shape index (κ1) is 23.6. The lowest BCUT2D eigenvalue weighted by molar-refractivity contribution is -0.122. The third kappa shape index (κ3) is 10.0. The minimum Gasteiger partial charge on any atom is -0.339 e. The van der Waals surface area contributed by atoms with E-state index in [0.29, 0.717) is 11.4 Å². The highest BCUT2D eigenvalue weighted by Crippen LogP contribution is 2.29. The van der Waals surface area contributed by atoms with Crippen LogP contribution in [0.2, 0.25) is 5.02 Å². The van der Waals surface area contributed by atoms with Gasteiger partial charge in [-0.15, -0.1) is 0 Å². The van der Waals surface area contributed by atoms with Crippen molar-refractivity contribution in [3.63, 3.8) is 0 Å². The zero-order valence-electron chi connectivity index (χ0n) is 14.5. The molecule has 0 aromatic heterocycles. The van der Waals surface area contributed by atoms with Crippen LogP contribution in [0.3, 0.4) is 0 Å². The van der Waals surface area contributed by atoms with E-state index in [-0.39, 0.29) is 11.0 Å². The van der Waals surface area contributed by atoms with Crippen molar-refractivity contribution < 1.29 is 4.79 Å². The van der Waals surface area contributed by atoms with Gasteiger partial charge in [0.1, 0.15) is 6.17 Å². The van der Waals surface area contributed by atoms with Crippen LogP contribution in [0.15, 0.2) is 24.3 Å². The molecule has 1 aromatic carbocycles. The quantitative estimate of drug-likeness (QED) is 0.189. The van der Waals surface area contributed by atoms with Crippen LogP contribution in [0.5, 0.6) is 0 Å². The molecule has 3 N–H and O–H groups in total. The van der Waals surface area contributed by atoms with E-state index in [4.69, 9.17) is 58.6 Å². The zero-order chi connectivity index (χ0) is 19.6.